The zero-order valence-electron chi connectivity index (χ0n) is 11.4. The molecule has 1 unspecified atom stereocenters. The molecule has 0 amide bonds. The summed E-state index contributed by atoms with van der Waals surface area (Å²) in [6.45, 7) is 0.373. The second-order valence-electron chi connectivity index (χ2n) is 4.53. The van der Waals surface area contributed by atoms with Crippen molar-refractivity contribution in [2.75, 3.05) is 11.5 Å². The molecule has 6 heteroatoms. The Bertz CT molecular complexity index is 710. The van der Waals surface area contributed by atoms with Crippen LogP contribution in [0.15, 0.2) is 64.4 Å². The molecule has 0 heterocycles. The number of rotatable bonds is 6. The van der Waals surface area contributed by atoms with Gasteiger partial charge in [0.2, 0.25) is 0 Å². The normalized spacial score (nSPS) is 13.0. The number of sulfone groups is 1. The highest BCUT2D eigenvalue weighted by Gasteiger charge is 2.16. The van der Waals surface area contributed by atoms with Crippen LogP contribution in [0.5, 0.6) is 0 Å². The minimum Gasteiger partial charge on any atom is -0.326 e. The Balaban J connectivity index is 2.05. The molecule has 2 N–H and O–H groups in total. The molecule has 0 aromatic heterocycles. The van der Waals surface area contributed by atoms with Crippen LogP contribution >= 0.6 is 0 Å². The maximum atomic E-state index is 12.2. The summed E-state index contributed by atoms with van der Waals surface area (Å²) in [4.78, 5) is 0.885. The van der Waals surface area contributed by atoms with E-state index >= 15 is 0 Å². The molecule has 0 aliphatic carbocycles. The predicted octanol–water partition coefficient (Wildman–Crippen LogP) is 1.73. The zero-order chi connectivity index (χ0) is 15.3. The molecule has 0 aliphatic rings. The van der Waals surface area contributed by atoms with E-state index in [1.807, 2.05) is 6.07 Å². The molecule has 0 spiro atoms. The van der Waals surface area contributed by atoms with E-state index in [-0.39, 0.29) is 16.4 Å². The predicted molar refractivity (Wildman–Crippen MR) is 84.1 cm³/mol. The van der Waals surface area contributed by atoms with E-state index in [0.717, 1.165) is 5.56 Å². The van der Waals surface area contributed by atoms with Crippen LogP contribution < -0.4 is 5.73 Å². The largest absolute Gasteiger partial charge is 0.326 e. The van der Waals surface area contributed by atoms with Crippen molar-refractivity contribution in [1.82, 2.24) is 0 Å². The van der Waals surface area contributed by atoms with Gasteiger partial charge in [0.1, 0.15) is 0 Å². The fraction of sp³-hybridized carbons (Fsp3) is 0.200. The van der Waals surface area contributed by atoms with Crippen LogP contribution in [0.4, 0.5) is 0 Å². The van der Waals surface area contributed by atoms with Crippen molar-refractivity contribution in [2.24, 2.45) is 5.73 Å². The van der Waals surface area contributed by atoms with Gasteiger partial charge in [0, 0.05) is 17.2 Å². The fourth-order valence-electron chi connectivity index (χ4n) is 1.83. The van der Waals surface area contributed by atoms with Gasteiger partial charge in [0.05, 0.1) is 21.4 Å². The molecule has 0 radical (unpaired) electrons. The van der Waals surface area contributed by atoms with Crippen molar-refractivity contribution in [3.8, 4) is 0 Å². The van der Waals surface area contributed by atoms with Crippen LogP contribution in [0.2, 0.25) is 0 Å². The summed E-state index contributed by atoms with van der Waals surface area (Å²) in [6.07, 6.45) is 0. The molecule has 112 valence electrons. The van der Waals surface area contributed by atoms with Crippen molar-refractivity contribution in [1.29, 1.82) is 0 Å². The molecule has 0 saturated carbocycles. The Kier molecular flexibility index (Phi) is 5.27. The number of nitrogens with two attached hydrogens (primary N) is 1. The lowest BCUT2D eigenvalue weighted by molar-refractivity contribution is 0.597. The van der Waals surface area contributed by atoms with E-state index in [1.54, 1.807) is 48.5 Å². The average Bonchev–Trinajstić information content (AvgIpc) is 2.53. The van der Waals surface area contributed by atoms with Gasteiger partial charge >= 0.3 is 0 Å². The summed E-state index contributed by atoms with van der Waals surface area (Å²) in [5, 5.41) is 0. The third-order valence-electron chi connectivity index (χ3n) is 3.06. The van der Waals surface area contributed by atoms with E-state index in [0.29, 0.717) is 11.4 Å². The van der Waals surface area contributed by atoms with E-state index < -0.39 is 20.6 Å². The smallest absolute Gasteiger partial charge is 0.179 e. The van der Waals surface area contributed by atoms with Gasteiger partial charge in [-0.2, -0.15) is 0 Å². The Morgan fingerprint density at radius 2 is 1.57 bits per heavy atom. The van der Waals surface area contributed by atoms with E-state index in [4.69, 9.17) is 5.73 Å². The highest BCUT2D eigenvalue weighted by atomic mass is 32.2. The van der Waals surface area contributed by atoms with Crippen LogP contribution in [-0.4, -0.2) is 24.1 Å². The third kappa shape index (κ3) is 4.23. The van der Waals surface area contributed by atoms with E-state index in [1.165, 1.54) is 0 Å². The second-order valence-corrected chi connectivity index (χ2v) is 8.21. The summed E-state index contributed by atoms with van der Waals surface area (Å²) in [5.41, 5.74) is 6.36. The fourth-order valence-corrected chi connectivity index (χ4v) is 4.79. The zero-order valence-corrected chi connectivity index (χ0v) is 13.1. The second kappa shape index (κ2) is 6.98. The van der Waals surface area contributed by atoms with E-state index in [9.17, 15) is 12.6 Å². The first kappa shape index (κ1) is 15.9. The molecule has 0 aliphatic heterocycles. The number of hydrogen-bond donors (Lipinski definition) is 1. The first-order chi connectivity index (χ1) is 10.0. The summed E-state index contributed by atoms with van der Waals surface area (Å²) in [7, 11) is -4.73. The van der Waals surface area contributed by atoms with E-state index in [2.05, 4.69) is 0 Å². The SMILES string of the molecule is NCc1ccc(S(=O)(=O)CCS(=O)c2ccccc2)cc1. The molecule has 2 aromatic carbocycles. The van der Waals surface area contributed by atoms with Crippen LogP contribution in [0.1, 0.15) is 5.56 Å². The molecular formula is C15H17NO3S2. The Hall–Kier alpha value is -1.50. The summed E-state index contributed by atoms with van der Waals surface area (Å²) in [5.74, 6) is -0.0541. The van der Waals surface area contributed by atoms with Gasteiger partial charge in [0.15, 0.2) is 9.84 Å². The summed E-state index contributed by atoms with van der Waals surface area (Å²) in [6, 6.07) is 15.3. The lowest BCUT2D eigenvalue weighted by atomic mass is 10.2. The van der Waals surface area contributed by atoms with Crippen LogP contribution in [0.25, 0.3) is 0 Å². The minimum atomic E-state index is -3.42. The molecular weight excluding hydrogens is 306 g/mol. The molecule has 0 fully saturated rings. The first-order valence-corrected chi connectivity index (χ1v) is 9.45. The monoisotopic (exact) mass is 323 g/mol. The Morgan fingerprint density at radius 1 is 0.952 bits per heavy atom. The molecule has 4 nitrogen and oxygen atoms in total. The minimum absolute atomic E-state index is 0.0883. The highest BCUT2D eigenvalue weighted by molar-refractivity contribution is 7.93. The quantitative estimate of drug-likeness (QED) is 0.878. The highest BCUT2D eigenvalue weighted by Crippen LogP contribution is 2.14. The van der Waals surface area contributed by atoms with Gasteiger partial charge in [0.25, 0.3) is 0 Å². The summed E-state index contributed by atoms with van der Waals surface area (Å²) >= 11 is 0. The lowest BCUT2D eigenvalue weighted by Crippen LogP contribution is -2.14. The van der Waals surface area contributed by atoms with Crippen molar-refractivity contribution >= 4 is 20.6 Å². The van der Waals surface area contributed by atoms with Crippen molar-refractivity contribution in [3.63, 3.8) is 0 Å². The number of benzene rings is 2. The maximum Gasteiger partial charge on any atom is 0.179 e. The Labute approximate surface area is 127 Å². The van der Waals surface area contributed by atoms with Gasteiger partial charge in [-0.15, -0.1) is 0 Å². The van der Waals surface area contributed by atoms with Gasteiger partial charge in [-0.05, 0) is 29.8 Å². The van der Waals surface area contributed by atoms with Crippen molar-refractivity contribution in [3.05, 3.63) is 60.2 Å². The summed E-state index contributed by atoms with van der Waals surface area (Å²) < 4.78 is 36.5. The van der Waals surface area contributed by atoms with Crippen LogP contribution in [0.3, 0.4) is 0 Å². The van der Waals surface area contributed by atoms with Crippen molar-refractivity contribution < 1.29 is 12.6 Å². The van der Waals surface area contributed by atoms with Crippen LogP contribution in [-0.2, 0) is 27.2 Å². The molecule has 2 aromatic rings. The van der Waals surface area contributed by atoms with Gasteiger partial charge in [-0.1, -0.05) is 30.3 Å². The van der Waals surface area contributed by atoms with Gasteiger partial charge < -0.3 is 5.73 Å². The number of hydrogen-bond acceptors (Lipinski definition) is 4. The Morgan fingerprint density at radius 3 is 2.14 bits per heavy atom. The van der Waals surface area contributed by atoms with Gasteiger partial charge in [-0.3, -0.25) is 4.21 Å². The molecule has 0 bridgehead atoms. The van der Waals surface area contributed by atoms with Gasteiger partial charge in [-0.25, -0.2) is 8.42 Å². The third-order valence-corrected chi connectivity index (χ3v) is 6.42. The standard InChI is InChI=1S/C15H17NO3S2/c16-12-13-6-8-15(9-7-13)21(18,19)11-10-20(17)14-4-2-1-3-5-14/h1-9H,10-12,16H2. The van der Waals surface area contributed by atoms with Crippen LogP contribution in [0, 0.1) is 0 Å². The van der Waals surface area contributed by atoms with Crippen molar-refractivity contribution in [2.45, 2.75) is 16.3 Å². The maximum absolute atomic E-state index is 12.2. The first-order valence-electron chi connectivity index (χ1n) is 6.48. The molecule has 1 atom stereocenters. The molecule has 2 rings (SSSR count). The average molecular weight is 323 g/mol. The molecule has 21 heavy (non-hydrogen) atoms. The topological polar surface area (TPSA) is 77.2 Å². The molecule has 0 saturated heterocycles. The lowest BCUT2D eigenvalue weighted by Gasteiger charge is -2.06.